The van der Waals surface area contributed by atoms with Crippen molar-refractivity contribution in [2.75, 3.05) is 17.2 Å². The fraction of sp³-hybridized carbons (Fsp3) is 0.368. The number of aromatic nitrogens is 1. The Hall–Kier alpha value is -2.56. The summed E-state index contributed by atoms with van der Waals surface area (Å²) < 4.78 is 5.34. The normalized spacial score (nSPS) is 14.4. The van der Waals surface area contributed by atoms with Gasteiger partial charge in [-0.1, -0.05) is 18.9 Å². The average Bonchev–Trinajstić information content (AvgIpc) is 3.09. The summed E-state index contributed by atoms with van der Waals surface area (Å²) >= 11 is 0. The lowest BCUT2D eigenvalue weighted by molar-refractivity contribution is 0.102. The number of hydrogen-bond acceptors (Lipinski definition) is 4. The largest absolute Gasteiger partial charge is 0.478 e. The summed E-state index contributed by atoms with van der Waals surface area (Å²) in [5.74, 6) is 0.290. The summed E-state index contributed by atoms with van der Waals surface area (Å²) in [7, 11) is 0. The van der Waals surface area contributed by atoms with Crippen LogP contribution in [0.15, 0.2) is 42.6 Å². The standard InChI is InChI=1S/C19H23N3O2/c1-2-24-18-12-14(10-11-20-18)19(23)22-17-9-5-8-16(13-17)21-15-6-3-4-7-15/h5,8-13,15,21H,2-4,6-7H2,1H3,(H,22,23). The average molecular weight is 325 g/mol. The fourth-order valence-electron chi connectivity index (χ4n) is 2.97. The molecule has 1 aliphatic carbocycles. The number of pyridine rings is 1. The Morgan fingerprint density at radius 3 is 2.79 bits per heavy atom. The molecule has 5 nitrogen and oxygen atoms in total. The number of carbonyl (C=O) groups is 1. The maximum atomic E-state index is 12.4. The highest BCUT2D eigenvalue weighted by Gasteiger charge is 2.14. The molecule has 1 amide bonds. The Morgan fingerprint density at radius 2 is 2.00 bits per heavy atom. The number of nitrogens with zero attached hydrogens (tertiary/aromatic N) is 1. The van der Waals surface area contributed by atoms with Gasteiger partial charge in [-0.05, 0) is 44.0 Å². The molecule has 0 radical (unpaired) electrons. The number of ether oxygens (including phenoxy) is 1. The first-order valence-electron chi connectivity index (χ1n) is 8.51. The highest BCUT2D eigenvalue weighted by Crippen LogP contribution is 2.24. The highest BCUT2D eigenvalue weighted by atomic mass is 16.5. The predicted octanol–water partition coefficient (Wildman–Crippen LogP) is 4.09. The Morgan fingerprint density at radius 1 is 1.21 bits per heavy atom. The molecule has 1 aliphatic rings. The molecular formula is C19H23N3O2. The first-order chi connectivity index (χ1) is 11.7. The van der Waals surface area contributed by atoms with Gasteiger partial charge in [0.2, 0.25) is 5.88 Å². The second-order valence-electron chi connectivity index (χ2n) is 5.98. The van der Waals surface area contributed by atoms with Crippen LogP contribution in [0.3, 0.4) is 0 Å². The maximum Gasteiger partial charge on any atom is 0.255 e. The molecule has 0 atom stereocenters. The molecular weight excluding hydrogens is 302 g/mol. The molecule has 24 heavy (non-hydrogen) atoms. The molecule has 126 valence electrons. The first kappa shape index (κ1) is 16.3. The molecule has 1 aromatic heterocycles. The SMILES string of the molecule is CCOc1cc(C(=O)Nc2cccc(NC3CCCC3)c2)ccn1. The predicted molar refractivity (Wildman–Crippen MR) is 95.7 cm³/mol. The van der Waals surface area contributed by atoms with Crippen LogP contribution >= 0.6 is 0 Å². The molecule has 5 heteroatoms. The van der Waals surface area contributed by atoms with Crippen molar-refractivity contribution in [2.24, 2.45) is 0 Å². The van der Waals surface area contributed by atoms with Gasteiger partial charge in [0.1, 0.15) is 0 Å². The molecule has 2 N–H and O–H groups in total. The first-order valence-corrected chi connectivity index (χ1v) is 8.51. The van der Waals surface area contributed by atoms with Gasteiger partial charge < -0.3 is 15.4 Å². The Labute approximate surface area is 142 Å². The van der Waals surface area contributed by atoms with Crippen LogP contribution in [0.1, 0.15) is 43.0 Å². The van der Waals surface area contributed by atoms with E-state index in [0.717, 1.165) is 11.4 Å². The molecule has 1 saturated carbocycles. The van der Waals surface area contributed by atoms with Crippen LogP contribution in [0.25, 0.3) is 0 Å². The van der Waals surface area contributed by atoms with E-state index < -0.39 is 0 Å². The van der Waals surface area contributed by atoms with Crippen molar-refractivity contribution in [2.45, 2.75) is 38.6 Å². The van der Waals surface area contributed by atoms with Gasteiger partial charge in [-0.3, -0.25) is 4.79 Å². The lowest BCUT2D eigenvalue weighted by Crippen LogP contribution is -2.15. The van der Waals surface area contributed by atoms with Crippen molar-refractivity contribution in [1.29, 1.82) is 0 Å². The van der Waals surface area contributed by atoms with Gasteiger partial charge in [0.25, 0.3) is 5.91 Å². The van der Waals surface area contributed by atoms with Gasteiger partial charge in [0.15, 0.2) is 0 Å². The second kappa shape index (κ2) is 7.81. The molecule has 0 saturated heterocycles. The van der Waals surface area contributed by atoms with Gasteiger partial charge in [-0.2, -0.15) is 0 Å². The van der Waals surface area contributed by atoms with E-state index in [4.69, 9.17) is 4.74 Å². The lowest BCUT2D eigenvalue weighted by atomic mass is 10.2. The highest BCUT2D eigenvalue weighted by molar-refractivity contribution is 6.04. The van der Waals surface area contributed by atoms with Gasteiger partial charge in [0, 0.05) is 35.2 Å². The minimum absolute atomic E-state index is 0.170. The summed E-state index contributed by atoms with van der Waals surface area (Å²) in [6, 6.07) is 11.7. The van der Waals surface area contributed by atoms with E-state index in [1.165, 1.54) is 25.7 Å². The number of anilines is 2. The molecule has 0 bridgehead atoms. The number of nitrogens with one attached hydrogen (secondary N) is 2. The summed E-state index contributed by atoms with van der Waals surface area (Å²) in [6.07, 6.45) is 6.59. The van der Waals surface area contributed by atoms with E-state index >= 15 is 0 Å². The van der Waals surface area contributed by atoms with Crippen LogP contribution < -0.4 is 15.4 Å². The third-order valence-electron chi connectivity index (χ3n) is 4.14. The van der Waals surface area contributed by atoms with Crippen LogP contribution in [0, 0.1) is 0 Å². The zero-order valence-corrected chi connectivity index (χ0v) is 13.9. The molecule has 1 fully saturated rings. The fourth-order valence-corrected chi connectivity index (χ4v) is 2.97. The van der Waals surface area contributed by atoms with Gasteiger partial charge in [-0.25, -0.2) is 4.98 Å². The van der Waals surface area contributed by atoms with Crippen LogP contribution in [0.2, 0.25) is 0 Å². The van der Waals surface area contributed by atoms with Crippen LogP contribution in [-0.4, -0.2) is 23.5 Å². The third kappa shape index (κ3) is 4.25. The van der Waals surface area contributed by atoms with Crippen molar-refractivity contribution in [1.82, 2.24) is 4.98 Å². The molecule has 1 heterocycles. The van der Waals surface area contributed by atoms with E-state index in [9.17, 15) is 4.79 Å². The van der Waals surface area contributed by atoms with Crippen LogP contribution in [0.5, 0.6) is 5.88 Å². The topological polar surface area (TPSA) is 63.2 Å². The smallest absolute Gasteiger partial charge is 0.255 e. The van der Waals surface area contributed by atoms with Gasteiger partial charge >= 0.3 is 0 Å². The Bertz CT molecular complexity index is 697. The van der Waals surface area contributed by atoms with Crippen molar-refractivity contribution in [3.8, 4) is 5.88 Å². The van der Waals surface area contributed by atoms with E-state index in [1.54, 1.807) is 18.3 Å². The summed E-state index contributed by atoms with van der Waals surface area (Å²) in [6.45, 7) is 2.41. The van der Waals surface area contributed by atoms with E-state index in [0.29, 0.717) is 24.1 Å². The van der Waals surface area contributed by atoms with Crippen molar-refractivity contribution in [3.63, 3.8) is 0 Å². The minimum atomic E-state index is -0.170. The number of benzene rings is 1. The maximum absolute atomic E-state index is 12.4. The van der Waals surface area contributed by atoms with Gasteiger partial charge in [-0.15, -0.1) is 0 Å². The van der Waals surface area contributed by atoms with Crippen molar-refractivity contribution in [3.05, 3.63) is 48.2 Å². The van der Waals surface area contributed by atoms with Crippen molar-refractivity contribution >= 4 is 17.3 Å². The molecule has 2 aromatic rings. The van der Waals surface area contributed by atoms with Crippen molar-refractivity contribution < 1.29 is 9.53 Å². The second-order valence-corrected chi connectivity index (χ2v) is 5.98. The zero-order chi connectivity index (χ0) is 16.8. The zero-order valence-electron chi connectivity index (χ0n) is 13.9. The Balaban J connectivity index is 1.66. The third-order valence-corrected chi connectivity index (χ3v) is 4.14. The number of hydrogen-bond donors (Lipinski definition) is 2. The quantitative estimate of drug-likeness (QED) is 0.840. The molecule has 3 rings (SSSR count). The summed E-state index contributed by atoms with van der Waals surface area (Å²) in [4.78, 5) is 16.5. The molecule has 1 aromatic carbocycles. The molecule has 0 aliphatic heterocycles. The number of carbonyl (C=O) groups excluding carboxylic acids is 1. The molecule has 0 unspecified atom stereocenters. The van der Waals surface area contributed by atoms with Crippen LogP contribution in [-0.2, 0) is 0 Å². The Kier molecular flexibility index (Phi) is 5.31. The minimum Gasteiger partial charge on any atom is -0.478 e. The molecule has 0 spiro atoms. The van der Waals surface area contributed by atoms with E-state index in [2.05, 4.69) is 15.6 Å². The van der Waals surface area contributed by atoms with Crippen LogP contribution in [0.4, 0.5) is 11.4 Å². The van der Waals surface area contributed by atoms with E-state index in [-0.39, 0.29) is 5.91 Å². The number of amides is 1. The monoisotopic (exact) mass is 325 g/mol. The summed E-state index contributed by atoms with van der Waals surface area (Å²) in [5.41, 5.74) is 2.35. The lowest BCUT2D eigenvalue weighted by Gasteiger charge is -2.14. The summed E-state index contributed by atoms with van der Waals surface area (Å²) in [5, 5.41) is 6.47. The van der Waals surface area contributed by atoms with Gasteiger partial charge in [0.05, 0.1) is 6.61 Å². The number of rotatable bonds is 6. The van der Waals surface area contributed by atoms with E-state index in [1.807, 2.05) is 31.2 Å².